The Morgan fingerprint density at radius 2 is 1.69 bits per heavy atom. The van der Waals surface area contributed by atoms with E-state index in [1.165, 1.54) is 0 Å². The molecule has 0 unspecified atom stereocenters. The van der Waals surface area contributed by atoms with Crippen LogP contribution in [-0.4, -0.2) is 25.0 Å². The fraction of sp³-hybridized carbons (Fsp3) is 0.130. The van der Waals surface area contributed by atoms with E-state index in [-0.39, 0.29) is 24.8 Å². The summed E-state index contributed by atoms with van der Waals surface area (Å²) in [6, 6.07) is 25.1. The zero-order chi connectivity index (χ0) is 20.1. The highest BCUT2D eigenvalue weighted by Gasteiger charge is 2.25. The van der Waals surface area contributed by atoms with Gasteiger partial charge in [0, 0.05) is 22.8 Å². The molecular formula is C23H20N2O3S. The topological polar surface area (TPSA) is 58.6 Å². The summed E-state index contributed by atoms with van der Waals surface area (Å²) in [4.78, 5) is 28.5. The summed E-state index contributed by atoms with van der Waals surface area (Å²) in [7, 11) is 0. The number of ether oxygens (including phenoxy) is 1. The number of rotatable bonds is 6. The van der Waals surface area contributed by atoms with Crippen molar-refractivity contribution in [1.29, 1.82) is 0 Å². The average Bonchev–Trinajstić information content (AvgIpc) is 2.75. The number of fused-ring (bicyclic) bond motifs is 1. The third-order valence-corrected chi connectivity index (χ3v) is 5.59. The number of carbonyl (C=O) groups is 2. The Morgan fingerprint density at radius 3 is 2.55 bits per heavy atom. The molecule has 3 aromatic rings. The van der Waals surface area contributed by atoms with E-state index in [1.54, 1.807) is 16.7 Å². The molecule has 4 rings (SSSR count). The molecule has 2 amide bonds. The fourth-order valence-corrected chi connectivity index (χ4v) is 4.02. The van der Waals surface area contributed by atoms with Gasteiger partial charge in [0.05, 0.1) is 11.4 Å². The van der Waals surface area contributed by atoms with Gasteiger partial charge in [-0.15, -0.1) is 0 Å². The van der Waals surface area contributed by atoms with Crippen LogP contribution in [0.3, 0.4) is 0 Å². The molecule has 6 heteroatoms. The van der Waals surface area contributed by atoms with Crippen molar-refractivity contribution in [3.63, 3.8) is 0 Å². The van der Waals surface area contributed by atoms with Crippen molar-refractivity contribution in [2.75, 3.05) is 23.4 Å². The van der Waals surface area contributed by atoms with Gasteiger partial charge in [-0.1, -0.05) is 54.2 Å². The number of carbonyl (C=O) groups excluding carboxylic acids is 2. The predicted octanol–water partition coefficient (Wildman–Crippen LogP) is 4.59. The van der Waals surface area contributed by atoms with Crippen LogP contribution in [-0.2, 0) is 9.59 Å². The minimum absolute atomic E-state index is 0.00478. The van der Waals surface area contributed by atoms with Gasteiger partial charge in [0.1, 0.15) is 5.75 Å². The summed E-state index contributed by atoms with van der Waals surface area (Å²) in [6.45, 7) is 0.300. The molecule has 1 N–H and O–H groups in total. The number of hydrogen-bond donors (Lipinski definition) is 1. The van der Waals surface area contributed by atoms with E-state index in [9.17, 15) is 9.59 Å². The van der Waals surface area contributed by atoms with Crippen molar-refractivity contribution in [2.45, 2.75) is 16.2 Å². The Labute approximate surface area is 173 Å². The minimum atomic E-state index is -0.142. The summed E-state index contributed by atoms with van der Waals surface area (Å²) in [6.07, 6.45) is 0.199. The zero-order valence-corrected chi connectivity index (χ0v) is 16.5. The van der Waals surface area contributed by atoms with Crippen molar-refractivity contribution in [3.8, 4) is 5.75 Å². The van der Waals surface area contributed by atoms with Gasteiger partial charge in [-0.2, -0.15) is 0 Å². The molecule has 0 saturated carbocycles. The highest BCUT2D eigenvalue weighted by molar-refractivity contribution is 7.99. The number of hydrogen-bond acceptors (Lipinski definition) is 4. The van der Waals surface area contributed by atoms with Gasteiger partial charge in [-0.3, -0.25) is 9.59 Å². The van der Waals surface area contributed by atoms with Crippen molar-refractivity contribution < 1.29 is 14.3 Å². The first kappa shape index (κ1) is 19.1. The lowest BCUT2D eigenvalue weighted by Gasteiger charge is -2.29. The summed E-state index contributed by atoms with van der Waals surface area (Å²) < 4.78 is 5.45. The summed E-state index contributed by atoms with van der Waals surface area (Å²) in [5, 5.41) is 2.98. The van der Waals surface area contributed by atoms with Gasteiger partial charge in [-0.25, -0.2) is 0 Å². The SMILES string of the molecule is O=C(CCN1C(=O)COc2ccccc21)Nc1ccccc1Sc1ccccc1. The second-order valence-electron chi connectivity index (χ2n) is 6.51. The van der Waals surface area contributed by atoms with E-state index >= 15 is 0 Å². The van der Waals surface area contributed by atoms with Gasteiger partial charge in [0.15, 0.2) is 6.61 Å². The molecule has 0 spiro atoms. The van der Waals surface area contributed by atoms with Gasteiger partial charge in [0.25, 0.3) is 5.91 Å². The molecule has 0 bridgehead atoms. The lowest BCUT2D eigenvalue weighted by molar-refractivity contribution is -0.121. The molecule has 3 aromatic carbocycles. The lowest BCUT2D eigenvalue weighted by atomic mass is 10.2. The first-order valence-corrected chi connectivity index (χ1v) is 10.2. The Morgan fingerprint density at radius 1 is 0.966 bits per heavy atom. The smallest absolute Gasteiger partial charge is 0.265 e. The van der Waals surface area contributed by atoms with E-state index in [0.717, 1.165) is 15.5 Å². The largest absolute Gasteiger partial charge is 0.482 e. The second-order valence-corrected chi connectivity index (χ2v) is 7.63. The van der Waals surface area contributed by atoms with Gasteiger partial charge in [0.2, 0.25) is 5.91 Å². The lowest BCUT2D eigenvalue weighted by Crippen LogP contribution is -2.40. The first-order valence-electron chi connectivity index (χ1n) is 9.35. The van der Waals surface area contributed by atoms with Crippen LogP contribution in [0.1, 0.15) is 6.42 Å². The maximum atomic E-state index is 12.6. The molecule has 0 radical (unpaired) electrons. The van der Waals surface area contributed by atoms with Crippen LogP contribution in [0.25, 0.3) is 0 Å². The van der Waals surface area contributed by atoms with Crippen LogP contribution >= 0.6 is 11.8 Å². The molecule has 0 aliphatic carbocycles. The molecule has 5 nitrogen and oxygen atoms in total. The van der Waals surface area contributed by atoms with Crippen LogP contribution in [0.5, 0.6) is 5.75 Å². The Hall–Kier alpha value is -3.25. The summed E-state index contributed by atoms with van der Waals surface area (Å²) >= 11 is 1.60. The van der Waals surface area contributed by atoms with E-state index in [4.69, 9.17) is 4.74 Å². The maximum Gasteiger partial charge on any atom is 0.265 e. The Kier molecular flexibility index (Phi) is 5.81. The number of amides is 2. The van der Waals surface area contributed by atoms with Crippen molar-refractivity contribution in [2.24, 2.45) is 0 Å². The zero-order valence-electron chi connectivity index (χ0n) is 15.7. The van der Waals surface area contributed by atoms with E-state index < -0.39 is 0 Å². The first-order chi connectivity index (χ1) is 14.2. The van der Waals surface area contributed by atoms with Crippen LogP contribution in [0.15, 0.2) is 88.7 Å². The molecule has 1 aliphatic rings. The number of anilines is 2. The standard InChI is InChI=1S/C23H20N2O3S/c26-22(14-15-25-19-11-5-6-12-20(19)28-16-23(25)27)24-18-10-4-7-13-21(18)29-17-8-2-1-3-9-17/h1-13H,14-16H2,(H,24,26). The molecule has 1 aliphatic heterocycles. The number of nitrogens with one attached hydrogen (secondary N) is 1. The number of benzene rings is 3. The third-order valence-electron chi connectivity index (χ3n) is 4.50. The molecule has 0 fully saturated rings. The fourth-order valence-electron chi connectivity index (χ4n) is 3.10. The van der Waals surface area contributed by atoms with Crippen LogP contribution in [0.4, 0.5) is 11.4 Å². The monoisotopic (exact) mass is 404 g/mol. The third kappa shape index (κ3) is 4.60. The molecule has 146 valence electrons. The van der Waals surface area contributed by atoms with E-state index in [2.05, 4.69) is 5.32 Å². The molecule has 0 saturated heterocycles. The quantitative estimate of drug-likeness (QED) is 0.653. The normalized spacial score (nSPS) is 12.8. The predicted molar refractivity (Wildman–Crippen MR) is 115 cm³/mol. The van der Waals surface area contributed by atoms with E-state index in [0.29, 0.717) is 18.0 Å². The number of para-hydroxylation sites is 3. The Bertz CT molecular complexity index is 1020. The molecule has 29 heavy (non-hydrogen) atoms. The van der Waals surface area contributed by atoms with Crippen molar-refractivity contribution >= 4 is 35.0 Å². The van der Waals surface area contributed by atoms with Crippen LogP contribution in [0, 0.1) is 0 Å². The molecule has 1 heterocycles. The highest BCUT2D eigenvalue weighted by Crippen LogP contribution is 2.34. The van der Waals surface area contributed by atoms with Crippen LogP contribution in [0.2, 0.25) is 0 Å². The van der Waals surface area contributed by atoms with Gasteiger partial charge >= 0.3 is 0 Å². The molecule has 0 atom stereocenters. The van der Waals surface area contributed by atoms with E-state index in [1.807, 2.05) is 78.9 Å². The maximum absolute atomic E-state index is 12.6. The summed E-state index contributed by atoms with van der Waals surface area (Å²) in [5.74, 6) is 0.386. The average molecular weight is 404 g/mol. The van der Waals surface area contributed by atoms with Gasteiger partial charge < -0.3 is 15.0 Å². The van der Waals surface area contributed by atoms with Crippen molar-refractivity contribution in [1.82, 2.24) is 0 Å². The second kappa shape index (κ2) is 8.84. The Balaban J connectivity index is 1.42. The van der Waals surface area contributed by atoms with Crippen molar-refractivity contribution in [3.05, 3.63) is 78.9 Å². The highest BCUT2D eigenvalue weighted by atomic mass is 32.2. The van der Waals surface area contributed by atoms with Gasteiger partial charge in [-0.05, 0) is 36.4 Å². The minimum Gasteiger partial charge on any atom is -0.482 e. The number of nitrogens with zero attached hydrogens (tertiary/aromatic N) is 1. The van der Waals surface area contributed by atoms with Crippen LogP contribution < -0.4 is 15.0 Å². The molecule has 0 aromatic heterocycles. The molecular weight excluding hydrogens is 384 g/mol. The summed E-state index contributed by atoms with van der Waals surface area (Å²) in [5.41, 5.74) is 1.47.